The van der Waals surface area contributed by atoms with Gasteiger partial charge in [0.25, 0.3) is 0 Å². The van der Waals surface area contributed by atoms with Gasteiger partial charge in [-0.3, -0.25) is 0 Å². The van der Waals surface area contributed by atoms with Crippen molar-refractivity contribution in [3.8, 4) is 5.75 Å². The quantitative estimate of drug-likeness (QED) is 0.763. The number of hydrogen-bond donors (Lipinski definition) is 2. The van der Waals surface area contributed by atoms with Gasteiger partial charge in [-0.05, 0) is 49.2 Å². The summed E-state index contributed by atoms with van der Waals surface area (Å²) in [7, 11) is 3.96. The van der Waals surface area contributed by atoms with E-state index in [1.54, 1.807) is 0 Å². The lowest BCUT2D eigenvalue weighted by Gasteiger charge is -2.13. The molecule has 0 saturated carbocycles. The number of rotatable bonds is 7. The maximum atomic E-state index is 11.8. The third-order valence-corrected chi connectivity index (χ3v) is 3.60. The number of aryl methyl sites for hydroxylation is 1. The van der Waals surface area contributed by atoms with Crippen LogP contribution in [0.2, 0.25) is 0 Å². The van der Waals surface area contributed by atoms with Crippen molar-refractivity contribution in [1.82, 2.24) is 5.32 Å². The van der Waals surface area contributed by atoms with Gasteiger partial charge >= 0.3 is 6.03 Å². The van der Waals surface area contributed by atoms with E-state index in [9.17, 15) is 4.79 Å². The summed E-state index contributed by atoms with van der Waals surface area (Å²) in [5, 5.41) is 5.65. The number of benzene rings is 2. The van der Waals surface area contributed by atoms with Crippen molar-refractivity contribution in [1.29, 1.82) is 0 Å². The summed E-state index contributed by atoms with van der Waals surface area (Å²) >= 11 is 0. The number of hydrogen-bond acceptors (Lipinski definition) is 3. The molecule has 0 aliphatic carbocycles. The second-order valence-electron chi connectivity index (χ2n) is 5.79. The zero-order valence-electron chi connectivity index (χ0n) is 14.5. The molecular formula is C19H25N3O2. The van der Waals surface area contributed by atoms with E-state index >= 15 is 0 Å². The van der Waals surface area contributed by atoms with Crippen LogP contribution in [0, 0.1) is 6.92 Å². The number of carbonyl (C=O) groups is 1. The number of anilines is 2. The fourth-order valence-corrected chi connectivity index (χ4v) is 2.19. The molecule has 2 amide bonds. The van der Waals surface area contributed by atoms with E-state index < -0.39 is 0 Å². The normalized spacial score (nSPS) is 10.1. The third kappa shape index (κ3) is 5.50. The number of amides is 2. The number of ether oxygens (including phenoxy) is 1. The molecule has 24 heavy (non-hydrogen) atoms. The highest BCUT2D eigenvalue weighted by Gasteiger charge is 2.02. The van der Waals surface area contributed by atoms with Crippen LogP contribution in [0.4, 0.5) is 16.2 Å². The van der Waals surface area contributed by atoms with E-state index in [2.05, 4.69) is 10.6 Å². The Kier molecular flexibility index (Phi) is 6.49. The van der Waals surface area contributed by atoms with Gasteiger partial charge in [0.15, 0.2) is 0 Å². The Labute approximate surface area is 143 Å². The molecule has 0 bridgehead atoms. The minimum atomic E-state index is -0.205. The summed E-state index contributed by atoms with van der Waals surface area (Å²) in [6.45, 7) is 3.15. The molecule has 2 rings (SSSR count). The van der Waals surface area contributed by atoms with Crippen LogP contribution in [-0.2, 0) is 0 Å². The van der Waals surface area contributed by atoms with Crippen molar-refractivity contribution in [2.75, 3.05) is 37.5 Å². The molecule has 0 heterocycles. The van der Waals surface area contributed by atoms with Gasteiger partial charge in [-0.1, -0.05) is 18.2 Å². The summed E-state index contributed by atoms with van der Waals surface area (Å²) in [6.07, 6.45) is 0.751. The first-order valence-corrected chi connectivity index (χ1v) is 8.07. The SMILES string of the molecule is Cc1ccccc1OCCCNC(=O)Nc1ccc(N(C)C)cc1. The summed E-state index contributed by atoms with van der Waals surface area (Å²) < 4.78 is 5.70. The predicted molar refractivity (Wildman–Crippen MR) is 99.1 cm³/mol. The van der Waals surface area contributed by atoms with Crippen LogP contribution in [0.25, 0.3) is 0 Å². The van der Waals surface area contributed by atoms with E-state index in [0.29, 0.717) is 13.2 Å². The van der Waals surface area contributed by atoms with Crippen LogP contribution in [0.1, 0.15) is 12.0 Å². The van der Waals surface area contributed by atoms with Crippen molar-refractivity contribution in [3.63, 3.8) is 0 Å². The zero-order valence-corrected chi connectivity index (χ0v) is 14.5. The predicted octanol–water partition coefficient (Wildman–Crippen LogP) is 3.65. The van der Waals surface area contributed by atoms with Crippen LogP contribution in [0.5, 0.6) is 5.75 Å². The van der Waals surface area contributed by atoms with Gasteiger partial charge in [-0.2, -0.15) is 0 Å². The first kappa shape index (κ1) is 17.7. The molecule has 128 valence electrons. The molecule has 0 radical (unpaired) electrons. The minimum Gasteiger partial charge on any atom is -0.493 e. The van der Waals surface area contributed by atoms with Crippen molar-refractivity contribution in [2.24, 2.45) is 0 Å². The topological polar surface area (TPSA) is 53.6 Å². The highest BCUT2D eigenvalue weighted by atomic mass is 16.5. The van der Waals surface area contributed by atoms with Crippen molar-refractivity contribution in [2.45, 2.75) is 13.3 Å². The molecule has 2 aromatic rings. The van der Waals surface area contributed by atoms with Crippen molar-refractivity contribution in [3.05, 3.63) is 54.1 Å². The van der Waals surface area contributed by atoms with Crippen molar-refractivity contribution < 1.29 is 9.53 Å². The first-order chi connectivity index (χ1) is 11.6. The van der Waals surface area contributed by atoms with Gasteiger partial charge < -0.3 is 20.3 Å². The Morgan fingerprint density at radius 1 is 1.08 bits per heavy atom. The van der Waals surface area contributed by atoms with Crippen LogP contribution < -0.4 is 20.3 Å². The van der Waals surface area contributed by atoms with E-state index in [1.165, 1.54) is 0 Å². The van der Waals surface area contributed by atoms with E-state index in [1.807, 2.05) is 74.4 Å². The molecule has 5 nitrogen and oxygen atoms in total. The minimum absolute atomic E-state index is 0.205. The average molecular weight is 327 g/mol. The number of carbonyl (C=O) groups excluding carboxylic acids is 1. The lowest BCUT2D eigenvalue weighted by molar-refractivity contribution is 0.250. The molecule has 0 fully saturated rings. The molecule has 5 heteroatoms. The zero-order chi connectivity index (χ0) is 17.4. The largest absolute Gasteiger partial charge is 0.493 e. The van der Waals surface area contributed by atoms with Gasteiger partial charge in [0.05, 0.1) is 6.61 Å². The Morgan fingerprint density at radius 3 is 2.46 bits per heavy atom. The van der Waals surface area contributed by atoms with Gasteiger partial charge in [-0.15, -0.1) is 0 Å². The third-order valence-electron chi connectivity index (χ3n) is 3.60. The molecule has 0 atom stereocenters. The lowest BCUT2D eigenvalue weighted by Crippen LogP contribution is -2.30. The number of nitrogens with one attached hydrogen (secondary N) is 2. The fourth-order valence-electron chi connectivity index (χ4n) is 2.19. The Hall–Kier alpha value is -2.69. The molecule has 2 aromatic carbocycles. The van der Waals surface area contributed by atoms with Gasteiger partial charge in [-0.25, -0.2) is 4.79 Å². The molecule has 0 saturated heterocycles. The number of urea groups is 1. The van der Waals surface area contributed by atoms with E-state index in [4.69, 9.17) is 4.74 Å². The average Bonchev–Trinajstić information content (AvgIpc) is 2.56. The maximum absolute atomic E-state index is 11.8. The number of para-hydroxylation sites is 1. The maximum Gasteiger partial charge on any atom is 0.319 e. The summed E-state index contributed by atoms with van der Waals surface area (Å²) in [5.74, 6) is 0.892. The van der Waals surface area contributed by atoms with Gasteiger partial charge in [0.2, 0.25) is 0 Å². The van der Waals surface area contributed by atoms with Crippen LogP contribution in [-0.4, -0.2) is 33.3 Å². The summed E-state index contributed by atoms with van der Waals surface area (Å²) in [4.78, 5) is 13.9. The van der Waals surface area contributed by atoms with Crippen molar-refractivity contribution >= 4 is 17.4 Å². The summed E-state index contributed by atoms with van der Waals surface area (Å²) in [6, 6.07) is 15.4. The second kappa shape index (κ2) is 8.82. The molecule has 0 aliphatic rings. The van der Waals surface area contributed by atoms with Crippen LogP contribution >= 0.6 is 0 Å². The van der Waals surface area contributed by atoms with E-state index in [-0.39, 0.29) is 6.03 Å². The van der Waals surface area contributed by atoms with Crippen LogP contribution in [0.15, 0.2) is 48.5 Å². The molecular weight excluding hydrogens is 302 g/mol. The molecule has 0 unspecified atom stereocenters. The molecule has 0 spiro atoms. The van der Waals surface area contributed by atoms with Crippen LogP contribution in [0.3, 0.4) is 0 Å². The first-order valence-electron chi connectivity index (χ1n) is 8.07. The molecule has 0 aromatic heterocycles. The second-order valence-corrected chi connectivity index (χ2v) is 5.79. The monoisotopic (exact) mass is 327 g/mol. The molecule has 2 N–H and O–H groups in total. The fraction of sp³-hybridized carbons (Fsp3) is 0.316. The molecule has 0 aliphatic heterocycles. The van der Waals surface area contributed by atoms with Gasteiger partial charge in [0, 0.05) is 32.0 Å². The lowest BCUT2D eigenvalue weighted by atomic mass is 10.2. The standard InChI is InChI=1S/C19H25N3O2/c1-15-7-4-5-8-18(15)24-14-6-13-20-19(23)21-16-9-11-17(12-10-16)22(2)3/h4-5,7-12H,6,13-14H2,1-3H3,(H2,20,21,23). The Balaban J connectivity index is 1.65. The summed E-state index contributed by atoms with van der Waals surface area (Å²) in [5.41, 5.74) is 2.98. The Morgan fingerprint density at radius 2 is 1.79 bits per heavy atom. The highest BCUT2D eigenvalue weighted by Crippen LogP contribution is 2.16. The highest BCUT2D eigenvalue weighted by molar-refractivity contribution is 5.89. The van der Waals surface area contributed by atoms with Gasteiger partial charge in [0.1, 0.15) is 5.75 Å². The number of nitrogens with zero attached hydrogens (tertiary/aromatic N) is 1. The van der Waals surface area contributed by atoms with E-state index in [0.717, 1.165) is 29.1 Å². The Bertz CT molecular complexity index is 654. The smallest absolute Gasteiger partial charge is 0.319 e.